The predicted octanol–water partition coefficient (Wildman–Crippen LogP) is 2.01. The maximum absolute atomic E-state index is 10.4. The summed E-state index contributed by atoms with van der Waals surface area (Å²) < 4.78 is 0. The second kappa shape index (κ2) is 7.09. The predicted molar refractivity (Wildman–Crippen MR) is 66.8 cm³/mol. The molecule has 0 spiro atoms. The number of benzene rings is 1. The first-order valence-electron chi connectivity index (χ1n) is 5.00. The minimum Gasteiger partial charge on any atom is -0.478 e. The number of nitrogens with one attached hydrogen (secondary N) is 1. The largest absolute Gasteiger partial charge is 0.478 e. The molecule has 0 bridgehead atoms. The first-order chi connectivity index (χ1) is 7.70. The van der Waals surface area contributed by atoms with Gasteiger partial charge in [-0.1, -0.05) is 24.8 Å². The summed E-state index contributed by atoms with van der Waals surface area (Å²) in [6, 6.07) is 10.1. The summed E-state index contributed by atoms with van der Waals surface area (Å²) in [7, 11) is 0. The molecule has 0 unspecified atom stereocenters. The van der Waals surface area contributed by atoms with Gasteiger partial charge in [0.05, 0.1) is 0 Å². The molecule has 0 aliphatic heterocycles. The van der Waals surface area contributed by atoms with Crippen LogP contribution in [0.15, 0.2) is 47.4 Å². The monoisotopic (exact) mass is 237 g/mol. The van der Waals surface area contributed by atoms with Gasteiger partial charge in [-0.05, 0) is 12.1 Å². The molecule has 0 saturated heterocycles. The molecule has 0 aliphatic carbocycles. The summed E-state index contributed by atoms with van der Waals surface area (Å²) in [6.07, 6.45) is 0. The van der Waals surface area contributed by atoms with Crippen LogP contribution in [0.3, 0.4) is 0 Å². The van der Waals surface area contributed by atoms with Gasteiger partial charge in [0.15, 0.2) is 0 Å². The normalized spacial score (nSPS) is 10.0. The average Bonchev–Trinajstić information content (AvgIpc) is 2.29. The Balaban J connectivity index is 2.09. The molecular formula is C12H15NO2S. The van der Waals surface area contributed by atoms with Crippen LogP contribution in [0.25, 0.3) is 0 Å². The van der Waals surface area contributed by atoms with Crippen molar-refractivity contribution in [3.63, 3.8) is 0 Å². The molecule has 16 heavy (non-hydrogen) atoms. The zero-order valence-corrected chi connectivity index (χ0v) is 9.80. The fourth-order valence-electron chi connectivity index (χ4n) is 1.07. The zero-order chi connectivity index (χ0) is 11.8. The Morgan fingerprint density at radius 3 is 2.69 bits per heavy atom. The molecular weight excluding hydrogens is 222 g/mol. The van der Waals surface area contributed by atoms with Crippen LogP contribution in [-0.2, 0) is 4.79 Å². The Labute approximate surface area is 99.6 Å². The van der Waals surface area contributed by atoms with E-state index in [2.05, 4.69) is 24.0 Å². The van der Waals surface area contributed by atoms with Crippen LogP contribution in [-0.4, -0.2) is 29.9 Å². The van der Waals surface area contributed by atoms with Crippen molar-refractivity contribution in [3.8, 4) is 0 Å². The van der Waals surface area contributed by atoms with E-state index in [4.69, 9.17) is 5.11 Å². The highest BCUT2D eigenvalue weighted by Gasteiger charge is 2.01. The fourth-order valence-corrected chi connectivity index (χ4v) is 1.90. The van der Waals surface area contributed by atoms with E-state index in [9.17, 15) is 4.79 Å². The van der Waals surface area contributed by atoms with E-state index in [1.54, 1.807) is 11.8 Å². The minimum absolute atomic E-state index is 0.199. The van der Waals surface area contributed by atoms with Crippen molar-refractivity contribution in [2.75, 3.05) is 18.8 Å². The van der Waals surface area contributed by atoms with Crippen molar-refractivity contribution >= 4 is 17.7 Å². The van der Waals surface area contributed by atoms with E-state index >= 15 is 0 Å². The van der Waals surface area contributed by atoms with Crippen LogP contribution in [0.1, 0.15) is 0 Å². The summed E-state index contributed by atoms with van der Waals surface area (Å²) in [5.74, 6) is -0.0279. The molecule has 0 atom stereocenters. The number of carboxylic acid groups (broad SMARTS) is 1. The smallest absolute Gasteiger partial charge is 0.332 e. The molecule has 0 heterocycles. The van der Waals surface area contributed by atoms with E-state index in [0.717, 1.165) is 12.3 Å². The molecule has 4 heteroatoms. The van der Waals surface area contributed by atoms with Crippen molar-refractivity contribution in [2.45, 2.75) is 4.90 Å². The molecule has 86 valence electrons. The molecule has 1 rings (SSSR count). The maximum Gasteiger partial charge on any atom is 0.332 e. The molecule has 3 nitrogen and oxygen atoms in total. The standard InChI is InChI=1S/C12H15NO2S/c1-10(12(14)15)9-13-7-8-16-11-5-3-2-4-6-11/h2-6,13H,1,7-9H2,(H,14,15). The van der Waals surface area contributed by atoms with E-state index in [1.807, 2.05) is 18.2 Å². The van der Waals surface area contributed by atoms with Gasteiger partial charge in [0.1, 0.15) is 0 Å². The van der Waals surface area contributed by atoms with Crippen LogP contribution in [0.2, 0.25) is 0 Å². The maximum atomic E-state index is 10.4. The zero-order valence-electron chi connectivity index (χ0n) is 8.98. The van der Waals surface area contributed by atoms with Crippen LogP contribution in [0.5, 0.6) is 0 Å². The van der Waals surface area contributed by atoms with E-state index in [-0.39, 0.29) is 5.57 Å². The number of aliphatic carboxylic acids is 1. The first kappa shape index (κ1) is 12.8. The summed E-state index contributed by atoms with van der Waals surface area (Å²) in [4.78, 5) is 11.7. The lowest BCUT2D eigenvalue weighted by molar-refractivity contribution is -0.132. The quantitative estimate of drug-likeness (QED) is 0.433. The summed E-state index contributed by atoms with van der Waals surface area (Å²) in [6.45, 7) is 4.55. The molecule has 0 fully saturated rings. The highest BCUT2D eigenvalue weighted by atomic mass is 32.2. The molecule has 0 saturated carbocycles. The van der Waals surface area contributed by atoms with Gasteiger partial charge < -0.3 is 10.4 Å². The summed E-state index contributed by atoms with van der Waals surface area (Å²) >= 11 is 1.74. The average molecular weight is 237 g/mol. The minimum atomic E-state index is -0.941. The SMILES string of the molecule is C=C(CNCCSc1ccccc1)C(=O)O. The van der Waals surface area contributed by atoms with E-state index in [0.29, 0.717) is 6.54 Å². The summed E-state index contributed by atoms with van der Waals surface area (Å²) in [5, 5.41) is 11.6. The number of rotatable bonds is 7. The van der Waals surface area contributed by atoms with Gasteiger partial charge in [0, 0.05) is 29.3 Å². The second-order valence-corrected chi connectivity index (χ2v) is 4.42. The third-order valence-corrected chi connectivity index (χ3v) is 2.95. The van der Waals surface area contributed by atoms with Crippen LogP contribution in [0.4, 0.5) is 0 Å². The van der Waals surface area contributed by atoms with Gasteiger partial charge in [0.2, 0.25) is 0 Å². The lowest BCUT2D eigenvalue weighted by Crippen LogP contribution is -2.22. The molecule has 1 aromatic rings. The van der Waals surface area contributed by atoms with Crippen molar-refractivity contribution in [3.05, 3.63) is 42.5 Å². The molecule has 0 amide bonds. The van der Waals surface area contributed by atoms with Gasteiger partial charge in [-0.2, -0.15) is 0 Å². The van der Waals surface area contributed by atoms with Crippen molar-refractivity contribution < 1.29 is 9.90 Å². The number of carboxylic acids is 1. The Bertz CT molecular complexity index is 351. The van der Waals surface area contributed by atoms with Crippen LogP contribution >= 0.6 is 11.8 Å². The summed E-state index contributed by atoms with van der Waals surface area (Å²) in [5.41, 5.74) is 0.199. The van der Waals surface area contributed by atoms with Crippen molar-refractivity contribution in [2.24, 2.45) is 0 Å². The highest BCUT2D eigenvalue weighted by Crippen LogP contribution is 2.15. The number of hydrogen-bond acceptors (Lipinski definition) is 3. The third-order valence-electron chi connectivity index (χ3n) is 1.93. The van der Waals surface area contributed by atoms with Gasteiger partial charge in [-0.3, -0.25) is 0 Å². The lowest BCUT2D eigenvalue weighted by Gasteiger charge is -2.04. The van der Waals surface area contributed by atoms with E-state index < -0.39 is 5.97 Å². The van der Waals surface area contributed by atoms with Crippen molar-refractivity contribution in [1.82, 2.24) is 5.32 Å². The Kier molecular flexibility index (Phi) is 5.67. The van der Waals surface area contributed by atoms with Gasteiger partial charge in [-0.25, -0.2) is 4.79 Å². The molecule has 0 aliphatic rings. The van der Waals surface area contributed by atoms with Crippen LogP contribution < -0.4 is 5.32 Å². The molecule has 1 aromatic carbocycles. The number of carbonyl (C=O) groups is 1. The first-order valence-corrected chi connectivity index (χ1v) is 5.98. The van der Waals surface area contributed by atoms with Crippen molar-refractivity contribution in [1.29, 1.82) is 0 Å². The van der Waals surface area contributed by atoms with Gasteiger partial charge in [-0.15, -0.1) is 11.8 Å². The Morgan fingerprint density at radius 2 is 2.06 bits per heavy atom. The third kappa shape index (κ3) is 5.00. The van der Waals surface area contributed by atoms with Crippen LogP contribution in [0, 0.1) is 0 Å². The lowest BCUT2D eigenvalue weighted by atomic mass is 10.3. The molecule has 0 radical (unpaired) electrons. The number of thioether (sulfide) groups is 1. The fraction of sp³-hybridized carbons (Fsp3) is 0.250. The molecule has 0 aromatic heterocycles. The van der Waals surface area contributed by atoms with E-state index in [1.165, 1.54) is 4.90 Å². The Hall–Kier alpha value is -1.26. The topological polar surface area (TPSA) is 49.3 Å². The molecule has 2 N–H and O–H groups in total. The second-order valence-electron chi connectivity index (χ2n) is 3.25. The van der Waals surface area contributed by atoms with Gasteiger partial charge >= 0.3 is 5.97 Å². The van der Waals surface area contributed by atoms with Gasteiger partial charge in [0.25, 0.3) is 0 Å². The number of hydrogen-bond donors (Lipinski definition) is 2. The highest BCUT2D eigenvalue weighted by molar-refractivity contribution is 7.99. The Morgan fingerprint density at radius 1 is 1.38 bits per heavy atom.